The van der Waals surface area contributed by atoms with Gasteiger partial charge in [-0.3, -0.25) is 4.79 Å². The molecule has 2 heterocycles. The second kappa shape index (κ2) is 8.25. The molecule has 6 nitrogen and oxygen atoms in total. The summed E-state index contributed by atoms with van der Waals surface area (Å²) in [5.41, 5.74) is 1.16. The number of nitrogens with zero attached hydrogens (tertiary/aromatic N) is 4. The number of aryl methyl sites for hydroxylation is 2. The van der Waals surface area contributed by atoms with E-state index in [4.69, 9.17) is 0 Å². The highest BCUT2D eigenvalue weighted by Crippen LogP contribution is 2.23. The van der Waals surface area contributed by atoms with Crippen molar-refractivity contribution in [2.75, 3.05) is 13.1 Å². The quantitative estimate of drug-likeness (QED) is 0.865. The van der Waals surface area contributed by atoms with Crippen LogP contribution in [0.5, 0.6) is 0 Å². The highest BCUT2D eigenvalue weighted by atomic mass is 16.3. The number of piperidine rings is 1. The Morgan fingerprint density at radius 3 is 2.64 bits per heavy atom. The number of rotatable bonds is 6. The topological polar surface area (TPSA) is 71.2 Å². The van der Waals surface area contributed by atoms with Crippen molar-refractivity contribution in [3.8, 4) is 0 Å². The Bertz CT molecular complexity index is 678. The van der Waals surface area contributed by atoms with Gasteiger partial charge in [0.05, 0.1) is 6.10 Å². The molecule has 0 saturated carbocycles. The third kappa shape index (κ3) is 4.66. The molecule has 1 aliphatic rings. The number of aliphatic hydroxyl groups excluding tert-OH is 1. The van der Waals surface area contributed by atoms with E-state index in [2.05, 4.69) is 10.2 Å². The standard InChI is InChI=1S/C19H26N4O2/c1-22-14-20-21-18(22)7-8-19(25)23-11-9-16(10-12-23)17(24)13-15-5-3-2-4-6-15/h2-6,14,16-17,24H,7-13H2,1H3/t17-/m1/s1. The lowest BCUT2D eigenvalue weighted by Crippen LogP contribution is -2.41. The van der Waals surface area contributed by atoms with Crippen molar-refractivity contribution in [2.24, 2.45) is 13.0 Å². The predicted molar refractivity (Wildman–Crippen MR) is 94.8 cm³/mol. The zero-order valence-electron chi connectivity index (χ0n) is 14.7. The zero-order valence-corrected chi connectivity index (χ0v) is 14.7. The third-order valence-corrected chi connectivity index (χ3v) is 5.09. The molecule has 1 N–H and O–H groups in total. The lowest BCUT2D eigenvalue weighted by molar-refractivity contribution is -0.133. The molecular formula is C19H26N4O2. The second-order valence-electron chi connectivity index (χ2n) is 6.83. The van der Waals surface area contributed by atoms with E-state index in [0.29, 0.717) is 19.3 Å². The fourth-order valence-electron chi connectivity index (χ4n) is 3.47. The number of aliphatic hydroxyl groups is 1. The maximum atomic E-state index is 12.4. The van der Waals surface area contributed by atoms with Gasteiger partial charge in [0.25, 0.3) is 0 Å². The van der Waals surface area contributed by atoms with Gasteiger partial charge in [0, 0.05) is 33.0 Å². The summed E-state index contributed by atoms with van der Waals surface area (Å²) in [5, 5.41) is 18.3. The summed E-state index contributed by atoms with van der Waals surface area (Å²) in [7, 11) is 1.89. The van der Waals surface area contributed by atoms with Crippen molar-refractivity contribution in [1.29, 1.82) is 0 Å². The molecule has 0 radical (unpaired) electrons. The highest BCUT2D eigenvalue weighted by Gasteiger charge is 2.27. The predicted octanol–water partition coefficient (Wildman–Crippen LogP) is 1.59. The maximum absolute atomic E-state index is 12.4. The van der Waals surface area contributed by atoms with Crippen LogP contribution in [0.15, 0.2) is 36.7 Å². The number of aromatic nitrogens is 3. The first kappa shape index (κ1) is 17.6. The molecule has 0 bridgehead atoms. The molecule has 1 saturated heterocycles. The van der Waals surface area contributed by atoms with E-state index < -0.39 is 0 Å². The summed E-state index contributed by atoms with van der Waals surface area (Å²) >= 11 is 0. The molecule has 6 heteroatoms. The van der Waals surface area contributed by atoms with Gasteiger partial charge in [-0.1, -0.05) is 30.3 Å². The van der Waals surface area contributed by atoms with Gasteiger partial charge in [-0.25, -0.2) is 0 Å². The summed E-state index contributed by atoms with van der Waals surface area (Å²) in [6.07, 6.45) is 4.81. The van der Waals surface area contributed by atoms with Gasteiger partial charge in [0.1, 0.15) is 12.2 Å². The van der Waals surface area contributed by atoms with Crippen LogP contribution in [-0.4, -0.2) is 49.9 Å². The summed E-state index contributed by atoms with van der Waals surface area (Å²) in [4.78, 5) is 14.3. The number of hydrogen-bond donors (Lipinski definition) is 1. The molecule has 25 heavy (non-hydrogen) atoms. The van der Waals surface area contributed by atoms with Gasteiger partial charge in [-0.2, -0.15) is 0 Å². The average molecular weight is 342 g/mol. The fraction of sp³-hybridized carbons (Fsp3) is 0.526. The van der Waals surface area contributed by atoms with Crippen molar-refractivity contribution < 1.29 is 9.90 Å². The molecular weight excluding hydrogens is 316 g/mol. The number of carbonyl (C=O) groups excluding carboxylic acids is 1. The smallest absolute Gasteiger partial charge is 0.223 e. The van der Waals surface area contributed by atoms with Gasteiger partial charge < -0.3 is 14.6 Å². The van der Waals surface area contributed by atoms with Crippen LogP contribution in [0, 0.1) is 5.92 Å². The number of likely N-dealkylation sites (tertiary alicyclic amines) is 1. The summed E-state index contributed by atoms with van der Waals surface area (Å²) in [6.45, 7) is 1.46. The van der Waals surface area contributed by atoms with E-state index in [-0.39, 0.29) is 17.9 Å². The first-order valence-electron chi connectivity index (χ1n) is 8.96. The van der Waals surface area contributed by atoms with Crippen molar-refractivity contribution >= 4 is 5.91 Å². The molecule has 3 rings (SSSR count). The Balaban J connectivity index is 1.43. The molecule has 0 spiro atoms. The van der Waals surface area contributed by atoms with Crippen molar-refractivity contribution in [2.45, 2.75) is 38.2 Å². The number of carbonyl (C=O) groups is 1. The zero-order chi connectivity index (χ0) is 17.6. The molecule has 1 aliphatic heterocycles. The molecule has 1 atom stereocenters. The van der Waals surface area contributed by atoms with Crippen LogP contribution in [0.4, 0.5) is 0 Å². The van der Waals surface area contributed by atoms with E-state index in [1.54, 1.807) is 6.33 Å². The lowest BCUT2D eigenvalue weighted by Gasteiger charge is -2.34. The molecule has 2 aromatic rings. The summed E-state index contributed by atoms with van der Waals surface area (Å²) < 4.78 is 1.85. The molecule has 1 aromatic heterocycles. The third-order valence-electron chi connectivity index (χ3n) is 5.09. The molecule has 0 unspecified atom stereocenters. The van der Waals surface area contributed by atoms with Crippen molar-refractivity contribution in [3.05, 3.63) is 48.0 Å². The van der Waals surface area contributed by atoms with Crippen LogP contribution in [0.25, 0.3) is 0 Å². The Kier molecular flexibility index (Phi) is 5.81. The minimum atomic E-state index is -0.335. The average Bonchev–Trinajstić information content (AvgIpc) is 3.05. The Morgan fingerprint density at radius 2 is 2.00 bits per heavy atom. The number of amides is 1. The summed E-state index contributed by atoms with van der Waals surface area (Å²) in [5.74, 6) is 1.27. The minimum absolute atomic E-state index is 0.166. The lowest BCUT2D eigenvalue weighted by atomic mass is 9.88. The van der Waals surface area contributed by atoms with Crippen LogP contribution >= 0.6 is 0 Å². The van der Waals surface area contributed by atoms with Crippen LogP contribution in [-0.2, 0) is 24.7 Å². The van der Waals surface area contributed by atoms with E-state index >= 15 is 0 Å². The van der Waals surface area contributed by atoms with Gasteiger partial charge in [0.15, 0.2) is 0 Å². The Labute approximate surface area is 148 Å². The van der Waals surface area contributed by atoms with Crippen LogP contribution in [0.2, 0.25) is 0 Å². The van der Waals surface area contributed by atoms with Crippen LogP contribution in [0.3, 0.4) is 0 Å². The molecule has 1 fully saturated rings. The Morgan fingerprint density at radius 1 is 1.28 bits per heavy atom. The number of hydrogen-bond acceptors (Lipinski definition) is 4. The second-order valence-corrected chi connectivity index (χ2v) is 6.83. The van der Waals surface area contributed by atoms with Crippen LogP contribution in [0.1, 0.15) is 30.7 Å². The number of benzene rings is 1. The monoisotopic (exact) mass is 342 g/mol. The first-order chi connectivity index (χ1) is 12.1. The summed E-state index contributed by atoms with van der Waals surface area (Å²) in [6, 6.07) is 10.1. The Hall–Kier alpha value is -2.21. The van der Waals surface area contributed by atoms with E-state index in [0.717, 1.165) is 37.3 Å². The van der Waals surface area contributed by atoms with Crippen molar-refractivity contribution in [1.82, 2.24) is 19.7 Å². The normalized spacial score (nSPS) is 16.8. The highest BCUT2D eigenvalue weighted by molar-refractivity contribution is 5.76. The molecule has 0 aliphatic carbocycles. The minimum Gasteiger partial charge on any atom is -0.392 e. The van der Waals surface area contributed by atoms with Gasteiger partial charge in [-0.05, 0) is 30.7 Å². The van der Waals surface area contributed by atoms with Gasteiger partial charge in [0.2, 0.25) is 5.91 Å². The molecule has 1 amide bonds. The van der Waals surface area contributed by atoms with Gasteiger partial charge >= 0.3 is 0 Å². The first-order valence-corrected chi connectivity index (χ1v) is 8.96. The maximum Gasteiger partial charge on any atom is 0.223 e. The van der Waals surface area contributed by atoms with E-state index in [1.807, 2.05) is 46.8 Å². The van der Waals surface area contributed by atoms with E-state index in [1.165, 1.54) is 0 Å². The molecule has 134 valence electrons. The van der Waals surface area contributed by atoms with Crippen molar-refractivity contribution in [3.63, 3.8) is 0 Å². The largest absolute Gasteiger partial charge is 0.392 e. The van der Waals surface area contributed by atoms with Gasteiger partial charge in [-0.15, -0.1) is 10.2 Å². The fourth-order valence-corrected chi connectivity index (χ4v) is 3.47. The molecule has 1 aromatic carbocycles. The van der Waals surface area contributed by atoms with E-state index in [9.17, 15) is 9.90 Å². The van der Waals surface area contributed by atoms with Crippen LogP contribution < -0.4 is 0 Å². The SMILES string of the molecule is Cn1cnnc1CCC(=O)N1CCC([C@H](O)Cc2ccccc2)CC1.